The molecule has 1 fully saturated rings. The van der Waals surface area contributed by atoms with Crippen molar-refractivity contribution in [1.29, 1.82) is 0 Å². The van der Waals surface area contributed by atoms with Crippen LogP contribution >= 0.6 is 0 Å². The number of fused-ring (bicyclic) bond motifs is 1. The van der Waals surface area contributed by atoms with Crippen LogP contribution in [0.25, 0.3) is 0 Å². The zero-order valence-electron chi connectivity index (χ0n) is 9.43. The number of aromatic nitrogens is 2. The fourth-order valence-corrected chi connectivity index (χ4v) is 2.57. The first kappa shape index (κ1) is 10.6. The molecule has 2 aliphatic heterocycles. The third-order valence-corrected chi connectivity index (χ3v) is 3.41. The fraction of sp³-hybridized carbons (Fsp3) is 0.636. The normalized spacial score (nSPS) is 27.5. The van der Waals surface area contributed by atoms with Crippen LogP contribution in [0.1, 0.15) is 31.1 Å². The van der Waals surface area contributed by atoms with Crippen LogP contribution in [0.2, 0.25) is 0 Å². The van der Waals surface area contributed by atoms with E-state index in [1.807, 2.05) is 4.57 Å². The first-order valence-corrected chi connectivity index (χ1v) is 5.93. The molecule has 2 N–H and O–H groups in total. The molecule has 0 saturated carbocycles. The predicted octanol–water partition coefficient (Wildman–Crippen LogP) is 0.543. The summed E-state index contributed by atoms with van der Waals surface area (Å²) in [4.78, 5) is 15.3. The second-order valence-corrected chi connectivity index (χ2v) is 4.50. The van der Waals surface area contributed by atoms with E-state index in [1.54, 1.807) is 6.20 Å². The van der Waals surface area contributed by atoms with E-state index in [4.69, 9.17) is 9.84 Å². The summed E-state index contributed by atoms with van der Waals surface area (Å²) in [6.07, 6.45) is 4.25. The molecule has 0 radical (unpaired) electrons. The van der Waals surface area contributed by atoms with Crippen molar-refractivity contribution in [2.24, 2.45) is 0 Å². The Balaban J connectivity index is 1.81. The monoisotopic (exact) mass is 237 g/mol. The molecule has 6 nitrogen and oxygen atoms in total. The Morgan fingerprint density at radius 3 is 3.29 bits per heavy atom. The number of nitrogens with one attached hydrogen (secondary N) is 1. The number of carboxylic acids is 1. The van der Waals surface area contributed by atoms with Gasteiger partial charge in [-0.2, -0.15) is 0 Å². The number of hydrogen-bond acceptors (Lipinski definition) is 4. The number of hydrogen-bond donors (Lipinski definition) is 2. The molecule has 1 aromatic rings. The molecule has 3 heterocycles. The van der Waals surface area contributed by atoms with Gasteiger partial charge in [0.25, 0.3) is 0 Å². The van der Waals surface area contributed by atoms with Crippen molar-refractivity contribution >= 4 is 5.97 Å². The van der Waals surface area contributed by atoms with E-state index in [0.29, 0.717) is 13.0 Å². The van der Waals surface area contributed by atoms with Gasteiger partial charge in [-0.25, -0.2) is 4.98 Å². The van der Waals surface area contributed by atoms with Crippen LogP contribution in [0.15, 0.2) is 6.20 Å². The van der Waals surface area contributed by atoms with Gasteiger partial charge < -0.3 is 9.84 Å². The summed E-state index contributed by atoms with van der Waals surface area (Å²) in [6.45, 7) is 1.49. The predicted molar refractivity (Wildman–Crippen MR) is 58.9 cm³/mol. The number of carbonyl (C=O) groups is 1. The summed E-state index contributed by atoms with van der Waals surface area (Å²) < 4.78 is 7.43. The van der Waals surface area contributed by atoms with E-state index in [9.17, 15) is 4.79 Å². The molecule has 0 bridgehead atoms. The minimum atomic E-state index is -0.779. The van der Waals surface area contributed by atoms with E-state index >= 15 is 0 Å². The van der Waals surface area contributed by atoms with Crippen molar-refractivity contribution in [1.82, 2.24) is 14.9 Å². The summed E-state index contributed by atoms with van der Waals surface area (Å²) in [5, 5.41) is 12.2. The van der Waals surface area contributed by atoms with Crippen molar-refractivity contribution in [3.05, 3.63) is 12.0 Å². The molecule has 3 rings (SSSR count). The molecule has 1 aromatic heterocycles. The van der Waals surface area contributed by atoms with Crippen LogP contribution in [-0.4, -0.2) is 33.3 Å². The SMILES string of the molecule is O=C(O)C1CCCC(c2ncc3n2CCO3)N1. The van der Waals surface area contributed by atoms with E-state index in [1.165, 1.54) is 0 Å². The maximum absolute atomic E-state index is 11.0. The van der Waals surface area contributed by atoms with E-state index in [2.05, 4.69) is 10.3 Å². The lowest BCUT2D eigenvalue weighted by Gasteiger charge is -2.28. The van der Waals surface area contributed by atoms with Gasteiger partial charge in [0.15, 0.2) is 0 Å². The van der Waals surface area contributed by atoms with Crippen molar-refractivity contribution in [3.8, 4) is 5.88 Å². The fourth-order valence-electron chi connectivity index (χ4n) is 2.57. The van der Waals surface area contributed by atoms with Gasteiger partial charge in [-0.3, -0.25) is 14.7 Å². The molecular formula is C11H15N3O3. The van der Waals surface area contributed by atoms with Crippen LogP contribution < -0.4 is 10.1 Å². The summed E-state index contributed by atoms with van der Waals surface area (Å²) in [7, 11) is 0. The van der Waals surface area contributed by atoms with E-state index in [0.717, 1.165) is 31.1 Å². The molecule has 92 valence electrons. The molecule has 2 aliphatic rings. The highest BCUT2D eigenvalue weighted by Crippen LogP contribution is 2.29. The number of rotatable bonds is 2. The van der Waals surface area contributed by atoms with Crippen LogP contribution in [0, 0.1) is 0 Å². The van der Waals surface area contributed by atoms with Crippen molar-refractivity contribution in [2.75, 3.05) is 6.61 Å². The Morgan fingerprint density at radius 2 is 2.47 bits per heavy atom. The minimum absolute atomic E-state index is 0.0281. The maximum Gasteiger partial charge on any atom is 0.320 e. The Morgan fingerprint density at radius 1 is 1.59 bits per heavy atom. The Bertz CT molecular complexity index is 443. The molecule has 6 heteroatoms. The van der Waals surface area contributed by atoms with Crippen LogP contribution in [0.4, 0.5) is 0 Å². The molecule has 0 aliphatic carbocycles. The molecule has 2 atom stereocenters. The molecule has 2 unspecified atom stereocenters. The first-order valence-electron chi connectivity index (χ1n) is 5.93. The number of aliphatic carboxylic acids is 1. The second-order valence-electron chi connectivity index (χ2n) is 4.50. The molecule has 0 amide bonds. The van der Waals surface area contributed by atoms with Crippen LogP contribution in [-0.2, 0) is 11.3 Å². The first-order chi connectivity index (χ1) is 8.25. The zero-order chi connectivity index (χ0) is 11.8. The van der Waals surface area contributed by atoms with Gasteiger partial charge in [0.1, 0.15) is 18.5 Å². The van der Waals surface area contributed by atoms with Gasteiger partial charge in [0.2, 0.25) is 5.88 Å². The smallest absolute Gasteiger partial charge is 0.320 e. The van der Waals surface area contributed by atoms with Gasteiger partial charge in [0, 0.05) is 0 Å². The molecule has 0 aromatic carbocycles. The van der Waals surface area contributed by atoms with Gasteiger partial charge in [0.05, 0.1) is 18.8 Å². The highest BCUT2D eigenvalue weighted by Gasteiger charge is 2.31. The lowest BCUT2D eigenvalue weighted by atomic mass is 9.98. The zero-order valence-corrected chi connectivity index (χ0v) is 9.43. The summed E-state index contributed by atoms with van der Waals surface area (Å²) >= 11 is 0. The third kappa shape index (κ3) is 1.78. The summed E-state index contributed by atoms with van der Waals surface area (Å²) in [5.41, 5.74) is 0. The quantitative estimate of drug-likeness (QED) is 0.785. The highest BCUT2D eigenvalue weighted by atomic mass is 16.5. The van der Waals surface area contributed by atoms with Gasteiger partial charge in [-0.15, -0.1) is 0 Å². The average molecular weight is 237 g/mol. The molecule has 17 heavy (non-hydrogen) atoms. The third-order valence-electron chi connectivity index (χ3n) is 3.41. The van der Waals surface area contributed by atoms with Crippen LogP contribution in [0.5, 0.6) is 5.88 Å². The van der Waals surface area contributed by atoms with Crippen molar-refractivity contribution in [3.63, 3.8) is 0 Å². The Kier molecular flexibility index (Phi) is 2.51. The highest BCUT2D eigenvalue weighted by molar-refractivity contribution is 5.73. The lowest BCUT2D eigenvalue weighted by Crippen LogP contribution is -2.43. The number of ether oxygens (including phenoxy) is 1. The van der Waals surface area contributed by atoms with Crippen molar-refractivity contribution < 1.29 is 14.6 Å². The van der Waals surface area contributed by atoms with Crippen molar-refractivity contribution in [2.45, 2.75) is 37.9 Å². The molecule has 1 saturated heterocycles. The molecular weight excluding hydrogens is 222 g/mol. The largest absolute Gasteiger partial charge is 0.480 e. The van der Waals surface area contributed by atoms with E-state index in [-0.39, 0.29) is 6.04 Å². The van der Waals surface area contributed by atoms with Crippen LogP contribution in [0.3, 0.4) is 0 Å². The maximum atomic E-state index is 11.0. The number of carboxylic acid groups (broad SMARTS) is 1. The van der Waals surface area contributed by atoms with Gasteiger partial charge >= 0.3 is 5.97 Å². The van der Waals surface area contributed by atoms with Gasteiger partial charge in [-0.05, 0) is 19.3 Å². The van der Waals surface area contributed by atoms with E-state index < -0.39 is 12.0 Å². The summed E-state index contributed by atoms with van der Waals surface area (Å²) in [5.74, 6) is 0.918. The molecule has 0 spiro atoms. The summed E-state index contributed by atoms with van der Waals surface area (Å²) in [6, 6.07) is -0.427. The number of piperidine rings is 1. The van der Waals surface area contributed by atoms with Gasteiger partial charge in [-0.1, -0.05) is 0 Å². The lowest BCUT2D eigenvalue weighted by molar-refractivity contribution is -0.140. The second kappa shape index (κ2) is 4.03. The topological polar surface area (TPSA) is 76.4 Å². The Labute approximate surface area is 98.6 Å². The number of nitrogens with zero attached hydrogens (tertiary/aromatic N) is 2. The minimum Gasteiger partial charge on any atom is -0.480 e. The number of imidazole rings is 1. The standard InChI is InChI=1S/C11H15N3O3/c15-11(16)8-3-1-2-7(13-8)10-12-6-9-14(10)4-5-17-9/h6-8,13H,1-5H2,(H,15,16). The Hall–Kier alpha value is -1.56. The average Bonchev–Trinajstić information content (AvgIpc) is 2.90.